The molecule has 1 N–H and O–H groups in total. The summed E-state index contributed by atoms with van der Waals surface area (Å²) in [5, 5.41) is 9.03. The first-order chi connectivity index (χ1) is 9.16. The standard InChI is InChI=1S/C16H23FO2/c17-15-7-2-1-5-13(15)10-8-12-4-3-6-14(11-9-12)16(18)19/h12-15H,1-7,9,11H2,(H,18,19). The maximum absolute atomic E-state index is 13.7. The van der Waals surface area contributed by atoms with Crippen molar-refractivity contribution < 1.29 is 14.3 Å². The second-order valence-corrected chi connectivity index (χ2v) is 5.94. The van der Waals surface area contributed by atoms with E-state index < -0.39 is 12.1 Å². The molecule has 0 aromatic carbocycles. The Hall–Kier alpha value is -1.04. The highest BCUT2D eigenvalue weighted by Crippen LogP contribution is 2.29. The van der Waals surface area contributed by atoms with Crippen LogP contribution in [0.2, 0.25) is 0 Å². The molecular formula is C16H23FO2. The van der Waals surface area contributed by atoms with Crippen LogP contribution in [0.5, 0.6) is 0 Å². The highest BCUT2D eigenvalue weighted by atomic mass is 19.1. The third kappa shape index (κ3) is 4.23. The van der Waals surface area contributed by atoms with Crippen LogP contribution in [0.15, 0.2) is 0 Å². The van der Waals surface area contributed by atoms with Gasteiger partial charge < -0.3 is 5.11 Å². The van der Waals surface area contributed by atoms with Gasteiger partial charge in [-0.05, 0) is 38.5 Å². The van der Waals surface area contributed by atoms with E-state index in [1.807, 2.05) is 0 Å². The average Bonchev–Trinajstić information content (AvgIpc) is 2.63. The molecule has 2 saturated carbocycles. The van der Waals surface area contributed by atoms with Crippen molar-refractivity contribution in [2.45, 2.75) is 64.0 Å². The SMILES string of the molecule is O=C(O)C1CCCC(C#CC2CCCCC2F)CC1. The molecule has 2 aliphatic rings. The zero-order chi connectivity index (χ0) is 13.7. The van der Waals surface area contributed by atoms with Crippen molar-refractivity contribution in [2.24, 2.45) is 17.8 Å². The molecule has 0 bridgehead atoms. The molecule has 0 aliphatic heterocycles. The molecule has 0 aromatic heterocycles. The van der Waals surface area contributed by atoms with E-state index in [0.717, 1.165) is 51.4 Å². The third-order valence-corrected chi connectivity index (χ3v) is 4.47. The summed E-state index contributed by atoms with van der Waals surface area (Å²) in [6.07, 6.45) is 7.12. The molecule has 4 atom stereocenters. The summed E-state index contributed by atoms with van der Waals surface area (Å²) < 4.78 is 13.7. The minimum atomic E-state index is -0.751. The largest absolute Gasteiger partial charge is 0.481 e. The van der Waals surface area contributed by atoms with E-state index in [1.54, 1.807) is 0 Å². The van der Waals surface area contributed by atoms with Crippen LogP contribution in [0.25, 0.3) is 0 Å². The first kappa shape index (κ1) is 14.4. The Kier molecular flexibility index (Phi) is 5.24. The maximum Gasteiger partial charge on any atom is 0.306 e. The number of carbonyl (C=O) groups is 1. The zero-order valence-corrected chi connectivity index (χ0v) is 11.4. The maximum atomic E-state index is 13.7. The molecule has 4 unspecified atom stereocenters. The number of aliphatic carboxylic acids is 1. The molecule has 0 radical (unpaired) electrons. The summed E-state index contributed by atoms with van der Waals surface area (Å²) in [7, 11) is 0. The number of halogens is 1. The number of carboxylic acid groups (broad SMARTS) is 1. The smallest absolute Gasteiger partial charge is 0.306 e. The molecule has 2 fully saturated rings. The molecule has 2 nitrogen and oxygen atoms in total. The summed E-state index contributed by atoms with van der Waals surface area (Å²) in [4.78, 5) is 11.0. The molecule has 0 aromatic rings. The average molecular weight is 266 g/mol. The molecule has 0 heterocycles. The fourth-order valence-corrected chi connectivity index (χ4v) is 3.17. The van der Waals surface area contributed by atoms with Crippen LogP contribution in [0.4, 0.5) is 4.39 Å². The lowest BCUT2D eigenvalue weighted by Crippen LogP contribution is -2.19. The fourth-order valence-electron chi connectivity index (χ4n) is 3.17. The summed E-state index contributed by atoms with van der Waals surface area (Å²) in [6.45, 7) is 0. The van der Waals surface area contributed by atoms with E-state index in [9.17, 15) is 9.18 Å². The zero-order valence-electron chi connectivity index (χ0n) is 11.4. The van der Waals surface area contributed by atoms with E-state index in [1.165, 1.54) is 0 Å². The lowest BCUT2D eigenvalue weighted by Gasteiger charge is -2.21. The molecule has 2 aliphatic carbocycles. The van der Waals surface area contributed by atoms with Crippen LogP contribution < -0.4 is 0 Å². The van der Waals surface area contributed by atoms with E-state index in [4.69, 9.17) is 5.11 Å². The Morgan fingerprint density at radius 2 is 1.74 bits per heavy atom. The van der Waals surface area contributed by atoms with Gasteiger partial charge in [-0.15, -0.1) is 0 Å². The van der Waals surface area contributed by atoms with Crippen molar-refractivity contribution in [3.05, 3.63) is 0 Å². The van der Waals surface area contributed by atoms with Gasteiger partial charge in [0.25, 0.3) is 0 Å². The van der Waals surface area contributed by atoms with Crippen LogP contribution in [-0.2, 0) is 4.79 Å². The quantitative estimate of drug-likeness (QED) is 0.579. The fraction of sp³-hybridized carbons (Fsp3) is 0.812. The van der Waals surface area contributed by atoms with Gasteiger partial charge in [-0.2, -0.15) is 0 Å². The normalized spacial score (nSPS) is 35.8. The van der Waals surface area contributed by atoms with Crippen molar-refractivity contribution in [3.63, 3.8) is 0 Å². The van der Waals surface area contributed by atoms with Gasteiger partial charge in [0.15, 0.2) is 0 Å². The molecular weight excluding hydrogens is 243 g/mol. The molecule has 0 saturated heterocycles. The van der Waals surface area contributed by atoms with Crippen molar-refractivity contribution in [2.75, 3.05) is 0 Å². The predicted molar refractivity (Wildman–Crippen MR) is 72.3 cm³/mol. The van der Waals surface area contributed by atoms with E-state index in [-0.39, 0.29) is 17.8 Å². The number of rotatable bonds is 1. The van der Waals surface area contributed by atoms with Crippen LogP contribution in [-0.4, -0.2) is 17.2 Å². The molecule has 106 valence electrons. The van der Waals surface area contributed by atoms with Gasteiger partial charge in [0, 0.05) is 5.92 Å². The van der Waals surface area contributed by atoms with E-state index >= 15 is 0 Å². The van der Waals surface area contributed by atoms with Gasteiger partial charge in [-0.3, -0.25) is 4.79 Å². The van der Waals surface area contributed by atoms with Crippen LogP contribution in [0.1, 0.15) is 57.8 Å². The first-order valence-electron chi connectivity index (χ1n) is 7.54. The van der Waals surface area contributed by atoms with E-state index in [2.05, 4.69) is 11.8 Å². The highest BCUT2D eigenvalue weighted by molar-refractivity contribution is 5.69. The predicted octanol–water partition coefficient (Wildman–Crippen LogP) is 3.80. The van der Waals surface area contributed by atoms with Gasteiger partial charge in [0.1, 0.15) is 6.17 Å². The minimum absolute atomic E-state index is 0.0766. The number of carboxylic acids is 1. The van der Waals surface area contributed by atoms with Crippen molar-refractivity contribution in [1.82, 2.24) is 0 Å². The number of alkyl halides is 1. The second-order valence-electron chi connectivity index (χ2n) is 5.94. The lowest BCUT2D eigenvalue weighted by atomic mass is 9.87. The minimum Gasteiger partial charge on any atom is -0.481 e. The van der Waals surface area contributed by atoms with Crippen molar-refractivity contribution in [3.8, 4) is 11.8 Å². The Bertz CT molecular complexity index is 369. The second kappa shape index (κ2) is 6.93. The first-order valence-corrected chi connectivity index (χ1v) is 7.54. The topological polar surface area (TPSA) is 37.3 Å². The summed E-state index contributed by atoms with van der Waals surface area (Å²) in [5.74, 6) is 5.70. The Labute approximate surface area is 114 Å². The Morgan fingerprint density at radius 3 is 2.47 bits per heavy atom. The number of hydrogen-bond donors (Lipinski definition) is 1. The molecule has 0 amide bonds. The molecule has 2 rings (SSSR count). The lowest BCUT2D eigenvalue weighted by molar-refractivity contribution is -0.142. The summed E-state index contributed by atoms with van der Waals surface area (Å²) in [6, 6.07) is 0. The van der Waals surface area contributed by atoms with Crippen LogP contribution in [0.3, 0.4) is 0 Å². The summed E-state index contributed by atoms with van der Waals surface area (Å²) >= 11 is 0. The monoisotopic (exact) mass is 266 g/mol. The van der Waals surface area contributed by atoms with Crippen molar-refractivity contribution in [1.29, 1.82) is 0 Å². The van der Waals surface area contributed by atoms with Crippen LogP contribution >= 0.6 is 0 Å². The Balaban J connectivity index is 1.87. The molecule has 0 spiro atoms. The van der Waals surface area contributed by atoms with Gasteiger partial charge in [0.2, 0.25) is 0 Å². The van der Waals surface area contributed by atoms with E-state index in [0.29, 0.717) is 6.42 Å². The van der Waals surface area contributed by atoms with Gasteiger partial charge in [0.05, 0.1) is 11.8 Å². The Morgan fingerprint density at radius 1 is 0.947 bits per heavy atom. The van der Waals surface area contributed by atoms with Gasteiger partial charge in [-0.25, -0.2) is 4.39 Å². The number of hydrogen-bond acceptors (Lipinski definition) is 1. The van der Waals surface area contributed by atoms with Crippen LogP contribution in [0, 0.1) is 29.6 Å². The molecule has 3 heteroatoms. The summed E-state index contributed by atoms with van der Waals surface area (Å²) in [5.41, 5.74) is 0. The van der Waals surface area contributed by atoms with Gasteiger partial charge >= 0.3 is 5.97 Å². The van der Waals surface area contributed by atoms with Crippen molar-refractivity contribution >= 4 is 5.97 Å². The van der Waals surface area contributed by atoms with Gasteiger partial charge in [-0.1, -0.05) is 31.1 Å². The molecule has 19 heavy (non-hydrogen) atoms. The highest BCUT2D eigenvalue weighted by Gasteiger charge is 2.24. The third-order valence-electron chi connectivity index (χ3n) is 4.47.